The summed E-state index contributed by atoms with van der Waals surface area (Å²) in [6.45, 7) is 3.11. The van der Waals surface area contributed by atoms with Crippen LogP contribution in [-0.2, 0) is 13.5 Å². The molecular weight excluding hydrogens is 411 g/mol. The molecule has 0 spiro atoms. The number of aromatic nitrogens is 1. The van der Waals surface area contributed by atoms with E-state index in [-0.39, 0.29) is 5.82 Å². The number of hydrogen-bond donors (Lipinski definition) is 0. The molecule has 3 heterocycles. The fourth-order valence-electron chi connectivity index (χ4n) is 5.26. The monoisotopic (exact) mass is 437 g/mol. The Morgan fingerprint density at radius 2 is 1.73 bits per heavy atom. The summed E-state index contributed by atoms with van der Waals surface area (Å²) in [4.78, 5) is 2.26. The van der Waals surface area contributed by atoms with Crippen LogP contribution in [0.2, 0.25) is 0 Å². The maximum absolute atomic E-state index is 15.4. The van der Waals surface area contributed by atoms with Crippen molar-refractivity contribution in [1.29, 1.82) is 0 Å². The summed E-state index contributed by atoms with van der Waals surface area (Å²) in [6.07, 6.45) is 4.24. The third-order valence-corrected chi connectivity index (χ3v) is 7.00. The molecule has 0 saturated carbocycles. The molecule has 5 aromatic rings. The number of nitrogens with zero attached hydrogens (tertiary/aromatic N) is 2. The lowest BCUT2D eigenvalue weighted by atomic mass is 9.95. The molecule has 3 nitrogen and oxygen atoms in total. The Morgan fingerprint density at radius 3 is 2.55 bits per heavy atom. The number of hydrogen-bond acceptors (Lipinski definition) is 2. The van der Waals surface area contributed by atoms with Crippen molar-refractivity contribution in [2.45, 2.75) is 19.8 Å². The van der Waals surface area contributed by atoms with Gasteiger partial charge in [-0.3, -0.25) is 0 Å². The van der Waals surface area contributed by atoms with E-state index in [9.17, 15) is 0 Å². The second kappa shape index (κ2) is 7.45. The number of fused-ring (bicyclic) bond motifs is 4. The van der Waals surface area contributed by atoms with Crippen LogP contribution in [0.4, 0.5) is 10.1 Å². The number of anilines is 1. The SMILES string of the molecule is Cc1ccc2c(oc3c(-c4ccc5c(c4)N(C)CCC5)c(F)ccc32)c1-c1cccc[n+]1C. The van der Waals surface area contributed by atoms with Crippen molar-refractivity contribution in [2.24, 2.45) is 7.05 Å². The Morgan fingerprint density at radius 1 is 0.939 bits per heavy atom. The highest BCUT2D eigenvalue weighted by Crippen LogP contribution is 2.42. The third-order valence-electron chi connectivity index (χ3n) is 7.00. The van der Waals surface area contributed by atoms with E-state index in [1.807, 2.05) is 37.5 Å². The summed E-state index contributed by atoms with van der Waals surface area (Å²) in [7, 11) is 4.14. The average Bonchev–Trinajstić information content (AvgIpc) is 3.18. The van der Waals surface area contributed by atoms with Crippen LogP contribution in [0.15, 0.2) is 71.3 Å². The molecule has 6 rings (SSSR count). The van der Waals surface area contributed by atoms with Crippen molar-refractivity contribution in [3.05, 3.63) is 83.8 Å². The number of pyridine rings is 1. The predicted octanol–water partition coefficient (Wildman–Crippen LogP) is 6.57. The van der Waals surface area contributed by atoms with Crippen LogP contribution in [-0.4, -0.2) is 13.6 Å². The van der Waals surface area contributed by atoms with Gasteiger partial charge in [0.15, 0.2) is 6.20 Å². The van der Waals surface area contributed by atoms with E-state index < -0.39 is 0 Å². The van der Waals surface area contributed by atoms with E-state index in [1.165, 1.54) is 11.3 Å². The van der Waals surface area contributed by atoms with E-state index in [4.69, 9.17) is 4.42 Å². The van der Waals surface area contributed by atoms with Gasteiger partial charge in [0.05, 0.1) is 11.1 Å². The zero-order valence-corrected chi connectivity index (χ0v) is 19.2. The molecule has 0 saturated heterocycles. The number of halogens is 1. The molecular formula is C29H26FN2O+. The van der Waals surface area contributed by atoms with E-state index in [2.05, 4.69) is 53.8 Å². The minimum Gasteiger partial charge on any atom is -0.454 e. The highest BCUT2D eigenvalue weighted by Gasteiger charge is 2.24. The number of rotatable bonds is 2. The molecule has 1 aliphatic rings. The zero-order valence-electron chi connectivity index (χ0n) is 19.2. The van der Waals surface area contributed by atoms with Gasteiger partial charge in [0.2, 0.25) is 5.69 Å². The molecule has 4 heteroatoms. The van der Waals surface area contributed by atoms with Gasteiger partial charge >= 0.3 is 0 Å². The van der Waals surface area contributed by atoms with Crippen LogP contribution in [0.3, 0.4) is 0 Å². The van der Waals surface area contributed by atoms with Gasteiger partial charge in [-0.25, -0.2) is 8.96 Å². The number of benzene rings is 3. The van der Waals surface area contributed by atoms with Crippen LogP contribution >= 0.6 is 0 Å². The van der Waals surface area contributed by atoms with Crippen LogP contribution in [0, 0.1) is 12.7 Å². The molecule has 0 aliphatic carbocycles. The van der Waals surface area contributed by atoms with E-state index >= 15 is 4.39 Å². The summed E-state index contributed by atoms with van der Waals surface area (Å²) in [5.74, 6) is -0.261. The van der Waals surface area contributed by atoms with Gasteiger partial charge in [0, 0.05) is 42.2 Å². The first kappa shape index (κ1) is 20.0. The summed E-state index contributed by atoms with van der Waals surface area (Å²) in [5.41, 5.74) is 8.53. The van der Waals surface area contributed by atoms with Crippen molar-refractivity contribution in [3.63, 3.8) is 0 Å². The van der Waals surface area contributed by atoms with E-state index in [0.29, 0.717) is 11.1 Å². The molecule has 0 unspecified atom stereocenters. The smallest absolute Gasteiger partial charge is 0.216 e. The van der Waals surface area contributed by atoms with E-state index in [0.717, 1.165) is 58.1 Å². The van der Waals surface area contributed by atoms with Crippen LogP contribution in [0.5, 0.6) is 0 Å². The number of furan rings is 1. The van der Waals surface area contributed by atoms with Crippen molar-refractivity contribution >= 4 is 27.6 Å². The van der Waals surface area contributed by atoms with Gasteiger partial charge in [0.25, 0.3) is 0 Å². The van der Waals surface area contributed by atoms with Crippen LogP contribution in [0.25, 0.3) is 44.3 Å². The summed E-state index contributed by atoms with van der Waals surface area (Å²) >= 11 is 0. The molecule has 1 aliphatic heterocycles. The fourth-order valence-corrected chi connectivity index (χ4v) is 5.26. The molecule has 0 N–H and O–H groups in total. The molecule has 0 bridgehead atoms. The van der Waals surface area contributed by atoms with Crippen molar-refractivity contribution in [3.8, 4) is 22.4 Å². The van der Waals surface area contributed by atoms with Gasteiger partial charge in [-0.1, -0.05) is 24.3 Å². The van der Waals surface area contributed by atoms with Gasteiger partial charge in [-0.05, 0) is 60.7 Å². The first-order valence-corrected chi connectivity index (χ1v) is 11.5. The van der Waals surface area contributed by atoms with Crippen molar-refractivity contribution < 1.29 is 13.4 Å². The summed E-state index contributed by atoms with van der Waals surface area (Å²) in [6, 6.07) is 20.0. The quantitative estimate of drug-likeness (QED) is 0.291. The largest absolute Gasteiger partial charge is 0.454 e. The minimum absolute atomic E-state index is 0.261. The highest BCUT2D eigenvalue weighted by molar-refractivity contribution is 6.13. The Labute approximate surface area is 192 Å². The standard InChI is InChI=1S/C29H26FN2O/c1-18-9-12-21-22-13-14-23(30)27(20-11-10-19-7-6-16-32(3)25(19)17-20)29(22)33-28(21)26(18)24-8-4-5-15-31(24)2/h4-5,8-15,17H,6-7,16H2,1-3H3/q+1. The van der Waals surface area contributed by atoms with Crippen molar-refractivity contribution in [2.75, 3.05) is 18.5 Å². The zero-order chi connectivity index (χ0) is 22.7. The van der Waals surface area contributed by atoms with Crippen molar-refractivity contribution in [1.82, 2.24) is 0 Å². The Bertz CT molecular complexity index is 1550. The minimum atomic E-state index is -0.261. The fraction of sp³-hybridized carbons (Fsp3) is 0.207. The average molecular weight is 438 g/mol. The topological polar surface area (TPSA) is 20.3 Å². The number of aryl methyl sites for hydroxylation is 3. The lowest BCUT2D eigenvalue weighted by molar-refractivity contribution is -0.660. The van der Waals surface area contributed by atoms with Gasteiger partial charge in [-0.2, -0.15) is 0 Å². The molecule has 33 heavy (non-hydrogen) atoms. The highest BCUT2D eigenvalue weighted by atomic mass is 19.1. The van der Waals surface area contributed by atoms with Gasteiger partial charge < -0.3 is 9.32 Å². The molecule has 164 valence electrons. The lowest BCUT2D eigenvalue weighted by Gasteiger charge is -2.28. The van der Waals surface area contributed by atoms with Gasteiger partial charge in [0.1, 0.15) is 24.0 Å². The van der Waals surface area contributed by atoms with Crippen LogP contribution in [0.1, 0.15) is 17.5 Å². The second-order valence-electron chi connectivity index (χ2n) is 9.10. The van der Waals surface area contributed by atoms with Gasteiger partial charge in [-0.15, -0.1) is 0 Å². The Balaban J connectivity index is 1.66. The first-order valence-electron chi connectivity index (χ1n) is 11.5. The second-order valence-corrected chi connectivity index (χ2v) is 9.10. The predicted molar refractivity (Wildman–Crippen MR) is 132 cm³/mol. The third kappa shape index (κ3) is 3.05. The Kier molecular flexibility index (Phi) is 4.51. The summed E-state index contributed by atoms with van der Waals surface area (Å²) < 4.78 is 24.0. The van der Waals surface area contributed by atoms with E-state index in [1.54, 1.807) is 6.07 Å². The maximum Gasteiger partial charge on any atom is 0.216 e. The molecule has 3 aromatic carbocycles. The normalized spacial score (nSPS) is 13.6. The maximum atomic E-state index is 15.4. The molecule has 2 aromatic heterocycles. The molecule has 0 atom stereocenters. The lowest BCUT2D eigenvalue weighted by Crippen LogP contribution is -2.30. The molecule has 0 radical (unpaired) electrons. The Hall–Kier alpha value is -3.66. The summed E-state index contributed by atoms with van der Waals surface area (Å²) in [5, 5.41) is 1.94. The van der Waals surface area contributed by atoms with Crippen LogP contribution < -0.4 is 9.47 Å². The molecule has 0 amide bonds. The molecule has 0 fully saturated rings. The first-order chi connectivity index (χ1) is 16.0.